The van der Waals surface area contributed by atoms with E-state index in [1.807, 2.05) is 32.3 Å². The van der Waals surface area contributed by atoms with Gasteiger partial charge in [0.05, 0.1) is 55.3 Å². The number of phenolic OH excluding ortho intramolecular Hbond substituents is 1. The minimum atomic E-state index is -3.13. The van der Waals surface area contributed by atoms with E-state index in [4.69, 9.17) is 40.9 Å². The lowest BCUT2D eigenvalue weighted by Gasteiger charge is -2.63. The maximum atomic E-state index is 16.4. The molecule has 2 heterocycles. The number of aldehydes is 1. The molecule has 5 fully saturated rings. The minimum absolute atomic E-state index is 0.0274. The monoisotopic (exact) mass is 1290 g/mol. The van der Waals surface area contributed by atoms with E-state index in [2.05, 4.69) is 27.5 Å². The van der Waals surface area contributed by atoms with Crippen molar-refractivity contribution in [3.05, 3.63) is 120 Å². The van der Waals surface area contributed by atoms with Gasteiger partial charge in [-0.1, -0.05) is 67.2 Å². The first-order chi connectivity index (χ1) is 45.1. The Kier molecular flexibility index (Phi) is 19.5. The van der Waals surface area contributed by atoms with Gasteiger partial charge in [-0.25, -0.2) is 0 Å². The van der Waals surface area contributed by atoms with Gasteiger partial charge < -0.3 is 87.3 Å². The second-order valence-electron chi connectivity index (χ2n) is 27.5. The summed E-state index contributed by atoms with van der Waals surface area (Å²) in [5, 5.41) is 93.2. The van der Waals surface area contributed by atoms with Gasteiger partial charge in [0.1, 0.15) is 23.4 Å². The predicted octanol–water partition coefficient (Wildman–Crippen LogP) is 4.05. The Morgan fingerprint density at radius 2 is 1.68 bits per heavy atom. The molecule has 13 atom stereocenters. The lowest BCUT2D eigenvalue weighted by molar-refractivity contribution is -0.386. The van der Waals surface area contributed by atoms with Crippen LogP contribution in [0.2, 0.25) is 0 Å². The fraction of sp³-hybridized carbons (Fsp3) is 0.542. The number of likely N-dealkylation sites (N-methyl/N-ethyl adjacent to an activating group) is 1. The molecule has 4 aromatic carbocycles. The maximum absolute atomic E-state index is 16.4. The molecule has 8 aliphatic rings. The summed E-state index contributed by atoms with van der Waals surface area (Å²) in [6.45, 7) is 1.57. The number of hydrogen-bond acceptors (Lipinski definition) is 20. The van der Waals surface area contributed by atoms with E-state index in [1.54, 1.807) is 24.3 Å². The standard InChI is InChI=1S/C72H88N6O16/c1-37(81)92-55-28-44(35-79)56-57-49(55)18-14-38-8-6-9-39(24-38)26-46(82)17-16-45(73)12-7-13-50-58(63(57)85)59(62(56)84)61(83)51(65(50)94-68-67(91-23-21-78-69(74)75)72(88,89)66(86)64(93-68)41-10-4-5-11-41)27-42-15-19-48-54-29-53-43(31-70(54)20-22-90-47(32-70)34-77-3)25-40(33-76-2)30-71(53,87)60(48)52(42)36-80/h6,8-9,14-15,18-19,24,28,36,40-41,43,45-47,53-54,64,66-68,76-77,79,82-83,86-89H,4-5,10-11,13,16-17,20-23,25-27,29-35,73H2,1-3H3,(H4,74,75,78). The van der Waals surface area contributed by atoms with E-state index < -0.39 is 108 Å². The Labute approximate surface area is 546 Å². The molecule has 3 saturated carbocycles. The summed E-state index contributed by atoms with van der Waals surface area (Å²) >= 11 is 0. The van der Waals surface area contributed by atoms with E-state index >= 15 is 9.59 Å². The molecule has 6 bridgehead atoms. The van der Waals surface area contributed by atoms with Crippen molar-refractivity contribution in [2.45, 2.75) is 170 Å². The number of aliphatic hydroxyl groups is 6. The van der Waals surface area contributed by atoms with E-state index in [0.29, 0.717) is 62.1 Å². The van der Waals surface area contributed by atoms with Crippen LogP contribution in [-0.4, -0.2) is 161 Å². The average molecular weight is 1290 g/mol. The van der Waals surface area contributed by atoms with Crippen LogP contribution >= 0.6 is 0 Å². The number of aromatic hydroxyl groups is 1. The number of carbonyl (C=O) groups is 4. The summed E-state index contributed by atoms with van der Waals surface area (Å²) < 4.78 is 32.3. The number of carbonyl (C=O) groups excluding carboxylic acids is 4. The normalized spacial score (nSPS) is 30.1. The number of guanidine groups is 1. The third-order valence-corrected chi connectivity index (χ3v) is 21.6. The molecule has 12 rings (SSSR count). The van der Waals surface area contributed by atoms with Crippen molar-refractivity contribution in [1.82, 2.24) is 10.6 Å². The zero-order chi connectivity index (χ0) is 66.5. The molecule has 502 valence electrons. The van der Waals surface area contributed by atoms with Gasteiger partial charge in [0, 0.05) is 71.9 Å². The molecule has 6 aliphatic carbocycles. The van der Waals surface area contributed by atoms with Gasteiger partial charge in [-0.2, -0.15) is 0 Å². The topological polar surface area (TPSA) is 371 Å². The van der Waals surface area contributed by atoms with Gasteiger partial charge in [-0.3, -0.25) is 24.2 Å². The SMILES string of the molecule is CNCC1CC2CC3(CCOC(CNC)C3)C3CC2C(O)(C1)c1c3ccc(Cc2c(O)c3c4c(c2OC2OC(C5CCCC5)C(O)C(O)(O)C2OCCN=C(N)N)CC#CC(N)CCC(O)Cc2cccc(c2)C=Cc2c(OC(C)=O)cc(CO)c(c2C4=O)C3=O)c1C=O. The molecule has 13 unspecified atom stereocenters. The molecule has 2 aliphatic heterocycles. The van der Waals surface area contributed by atoms with Crippen molar-refractivity contribution in [3.8, 4) is 29.1 Å². The van der Waals surface area contributed by atoms with Crippen LogP contribution in [0.25, 0.3) is 12.2 Å². The number of ether oxygens (including phenoxy) is 5. The second kappa shape index (κ2) is 27.3. The summed E-state index contributed by atoms with van der Waals surface area (Å²) in [4.78, 5) is 64.1. The van der Waals surface area contributed by atoms with Crippen molar-refractivity contribution >= 4 is 41.9 Å². The van der Waals surface area contributed by atoms with Crippen LogP contribution in [-0.2, 0) is 50.5 Å². The fourth-order valence-corrected chi connectivity index (χ4v) is 17.7. The van der Waals surface area contributed by atoms with Gasteiger partial charge in [0.25, 0.3) is 0 Å². The average Bonchev–Trinajstić information content (AvgIpc) is 0.750. The smallest absolute Gasteiger partial charge is 0.308 e. The van der Waals surface area contributed by atoms with E-state index in [0.717, 1.165) is 62.9 Å². The Bertz CT molecular complexity index is 3730. The molecule has 0 aromatic heterocycles. The Hall–Kier alpha value is -6.95. The molecule has 15 N–H and O–H groups in total. The van der Waals surface area contributed by atoms with Gasteiger partial charge in [0.15, 0.2) is 29.9 Å². The number of ketones is 2. The maximum Gasteiger partial charge on any atom is 0.308 e. The first kappa shape index (κ1) is 67.0. The Morgan fingerprint density at radius 1 is 0.904 bits per heavy atom. The van der Waals surface area contributed by atoms with E-state index in [-0.39, 0.29) is 124 Å². The molecule has 0 amide bonds. The highest BCUT2D eigenvalue weighted by molar-refractivity contribution is 6.32. The number of aliphatic imine (C=N–C) groups is 1. The number of phenols is 1. The van der Waals surface area contributed by atoms with Crippen LogP contribution in [0.1, 0.15) is 182 Å². The molecule has 22 nitrogen and oxygen atoms in total. The van der Waals surface area contributed by atoms with Crippen LogP contribution in [0.5, 0.6) is 17.2 Å². The number of nitrogens with one attached hydrogen (secondary N) is 2. The molecule has 4 aromatic rings. The van der Waals surface area contributed by atoms with Crippen molar-refractivity contribution < 1.29 is 78.6 Å². The summed E-state index contributed by atoms with van der Waals surface area (Å²) in [7, 11) is 3.79. The quantitative estimate of drug-likeness (QED) is 0.00969. The largest absolute Gasteiger partial charge is 0.507 e. The molecule has 0 radical (unpaired) electrons. The number of benzene rings is 4. The van der Waals surface area contributed by atoms with Crippen LogP contribution in [0.4, 0.5) is 0 Å². The lowest BCUT2D eigenvalue weighted by Crippen LogP contribution is -2.69. The summed E-state index contributed by atoms with van der Waals surface area (Å²) in [5.41, 5.74) is 17.5. The first-order valence-corrected chi connectivity index (χ1v) is 33.2. The number of fused-ring (bicyclic) bond motifs is 7. The third kappa shape index (κ3) is 12.4. The van der Waals surface area contributed by atoms with Gasteiger partial charge in [0.2, 0.25) is 12.1 Å². The Morgan fingerprint density at radius 3 is 2.41 bits per heavy atom. The summed E-state index contributed by atoms with van der Waals surface area (Å²) in [6, 6.07) is 11.5. The first-order valence-electron chi connectivity index (χ1n) is 33.2. The van der Waals surface area contributed by atoms with Crippen molar-refractivity contribution in [2.24, 2.45) is 51.3 Å². The van der Waals surface area contributed by atoms with Crippen molar-refractivity contribution in [2.75, 3.05) is 46.9 Å². The zero-order valence-electron chi connectivity index (χ0n) is 53.5. The van der Waals surface area contributed by atoms with Gasteiger partial charge >= 0.3 is 5.97 Å². The van der Waals surface area contributed by atoms with Gasteiger partial charge in [-0.05, 0) is 172 Å². The molecule has 1 spiro atoms. The zero-order valence-corrected chi connectivity index (χ0v) is 53.5. The number of nitrogens with zero attached hydrogens (tertiary/aromatic N) is 1. The lowest BCUT2D eigenvalue weighted by atomic mass is 9.44. The van der Waals surface area contributed by atoms with Crippen LogP contribution in [0, 0.1) is 40.9 Å². The van der Waals surface area contributed by atoms with E-state index in [9.17, 15) is 45.3 Å². The number of hydrogen-bond donors (Lipinski definition) is 12. The van der Waals surface area contributed by atoms with Crippen molar-refractivity contribution in [3.63, 3.8) is 0 Å². The van der Waals surface area contributed by atoms with Crippen LogP contribution in [0.3, 0.4) is 0 Å². The summed E-state index contributed by atoms with van der Waals surface area (Å²) in [5.74, 6) is -1.73. The summed E-state index contributed by atoms with van der Waals surface area (Å²) in [6.07, 6.45) is 2.55. The number of aliphatic hydroxyl groups excluding tert-OH is 3. The Balaban J connectivity index is 1.12. The van der Waals surface area contributed by atoms with Crippen LogP contribution in [0.15, 0.2) is 47.5 Å². The molecular weight excluding hydrogens is 1200 g/mol. The van der Waals surface area contributed by atoms with E-state index in [1.165, 1.54) is 12.1 Å². The van der Waals surface area contributed by atoms with Crippen molar-refractivity contribution in [1.29, 1.82) is 0 Å². The molecule has 22 heteroatoms. The fourth-order valence-electron chi connectivity index (χ4n) is 17.7. The molecular formula is C72H88N6O16. The number of nitrogens with two attached hydrogens (primary N) is 3. The minimum Gasteiger partial charge on any atom is -0.507 e. The molecule has 94 heavy (non-hydrogen) atoms. The highest BCUT2D eigenvalue weighted by Crippen LogP contribution is 2.68. The molecule has 2 saturated heterocycles. The third-order valence-electron chi connectivity index (χ3n) is 21.6. The second-order valence-corrected chi connectivity index (χ2v) is 27.5. The number of esters is 1. The highest BCUT2D eigenvalue weighted by Gasteiger charge is 2.63. The van der Waals surface area contributed by atoms with Crippen LogP contribution < -0.4 is 37.3 Å². The predicted molar refractivity (Wildman–Crippen MR) is 347 cm³/mol. The van der Waals surface area contributed by atoms with Gasteiger partial charge in [-0.15, -0.1) is 0 Å². The highest BCUT2D eigenvalue weighted by atomic mass is 16.7. The number of rotatable bonds is 16.